The molecule has 0 heterocycles. The Balaban J connectivity index is 2.55. The molecule has 0 aliphatic heterocycles. The normalized spacial score (nSPS) is 39.5. The van der Waals surface area contributed by atoms with E-state index in [1.165, 1.54) is 12.8 Å². The Morgan fingerprint density at radius 3 is 2.27 bits per heavy atom. The molecule has 2 nitrogen and oxygen atoms in total. The van der Waals surface area contributed by atoms with Crippen molar-refractivity contribution in [2.75, 3.05) is 14.1 Å². The Labute approximate surface area is 69.2 Å². The molecule has 1 rings (SSSR count). The van der Waals surface area contributed by atoms with Gasteiger partial charge in [0.05, 0.1) is 6.10 Å². The molecule has 1 saturated carbocycles. The molecule has 2 heteroatoms. The maximum Gasteiger partial charge on any atom is 0.0697 e. The lowest BCUT2D eigenvalue weighted by Gasteiger charge is -2.37. The molecule has 1 unspecified atom stereocenters. The Bertz CT molecular complexity index is 115. The number of likely N-dealkylation sites (N-methyl/N-ethyl adjacent to an activating group) is 1. The second kappa shape index (κ2) is 3.55. The molecule has 1 aliphatic carbocycles. The second-order valence-electron chi connectivity index (χ2n) is 3.93. The highest BCUT2D eigenvalue weighted by Gasteiger charge is 2.30. The van der Waals surface area contributed by atoms with Crippen LogP contribution in [0.4, 0.5) is 0 Å². The predicted octanol–water partition coefficient (Wildman–Crippen LogP) is 1.10. The third-order valence-corrected chi connectivity index (χ3v) is 2.73. The molecule has 3 atom stereocenters. The van der Waals surface area contributed by atoms with Crippen LogP contribution in [0, 0.1) is 5.92 Å². The molecule has 0 spiro atoms. The van der Waals surface area contributed by atoms with Gasteiger partial charge in [0.25, 0.3) is 0 Å². The molecule has 0 radical (unpaired) electrons. The molecule has 0 amide bonds. The van der Waals surface area contributed by atoms with E-state index >= 15 is 0 Å². The summed E-state index contributed by atoms with van der Waals surface area (Å²) in [5.41, 5.74) is 0. The maximum atomic E-state index is 9.67. The van der Waals surface area contributed by atoms with E-state index in [0.717, 1.165) is 6.42 Å². The van der Waals surface area contributed by atoms with Gasteiger partial charge in [0, 0.05) is 6.04 Å². The van der Waals surface area contributed by atoms with Gasteiger partial charge in [-0.15, -0.1) is 0 Å². The van der Waals surface area contributed by atoms with E-state index in [9.17, 15) is 5.11 Å². The van der Waals surface area contributed by atoms with Crippen LogP contribution in [-0.4, -0.2) is 36.2 Å². The fourth-order valence-electron chi connectivity index (χ4n) is 2.22. The Kier molecular flexibility index (Phi) is 2.90. The van der Waals surface area contributed by atoms with Crippen LogP contribution < -0.4 is 0 Å². The van der Waals surface area contributed by atoms with Gasteiger partial charge >= 0.3 is 0 Å². The van der Waals surface area contributed by atoms with E-state index in [1.54, 1.807) is 0 Å². The van der Waals surface area contributed by atoms with Crippen LogP contribution in [0.5, 0.6) is 0 Å². The van der Waals surface area contributed by atoms with Crippen LogP contribution >= 0.6 is 0 Å². The number of nitrogens with zero attached hydrogens (tertiary/aromatic N) is 1. The number of hydrogen-bond donors (Lipinski definition) is 1. The van der Waals surface area contributed by atoms with Crippen molar-refractivity contribution in [2.24, 2.45) is 5.92 Å². The summed E-state index contributed by atoms with van der Waals surface area (Å²) in [4.78, 5) is 2.15. The molecule has 0 aromatic heterocycles. The lowest BCUT2D eigenvalue weighted by Crippen LogP contribution is -2.46. The standard InChI is InChI=1S/C9H19NO/c1-7-5-4-6-8(11)9(7)10(2)3/h7-9,11H,4-6H2,1-3H3/t7?,8-,9-/m0/s1. The minimum absolute atomic E-state index is 0.103. The Morgan fingerprint density at radius 1 is 1.27 bits per heavy atom. The third kappa shape index (κ3) is 1.94. The molecule has 11 heavy (non-hydrogen) atoms. The van der Waals surface area contributed by atoms with Gasteiger partial charge in [-0.3, -0.25) is 0 Å². The monoisotopic (exact) mass is 157 g/mol. The van der Waals surface area contributed by atoms with Gasteiger partial charge in [0.15, 0.2) is 0 Å². The predicted molar refractivity (Wildman–Crippen MR) is 46.5 cm³/mol. The zero-order valence-electron chi connectivity index (χ0n) is 7.75. The van der Waals surface area contributed by atoms with E-state index in [2.05, 4.69) is 25.9 Å². The summed E-state index contributed by atoms with van der Waals surface area (Å²) in [6.07, 6.45) is 3.33. The fourth-order valence-corrected chi connectivity index (χ4v) is 2.22. The number of rotatable bonds is 1. The molecule has 0 aromatic carbocycles. The van der Waals surface area contributed by atoms with Gasteiger partial charge in [-0.1, -0.05) is 13.3 Å². The summed E-state index contributed by atoms with van der Waals surface area (Å²) in [6.45, 7) is 2.23. The van der Waals surface area contributed by atoms with Crippen molar-refractivity contribution in [3.63, 3.8) is 0 Å². The molecular weight excluding hydrogens is 138 g/mol. The first-order chi connectivity index (χ1) is 5.13. The molecule has 0 saturated heterocycles. The van der Waals surface area contributed by atoms with Gasteiger partial charge in [-0.2, -0.15) is 0 Å². The molecule has 0 aromatic rings. The van der Waals surface area contributed by atoms with Crippen LogP contribution in [0.1, 0.15) is 26.2 Å². The van der Waals surface area contributed by atoms with E-state index in [4.69, 9.17) is 0 Å². The van der Waals surface area contributed by atoms with E-state index in [1.807, 2.05) is 0 Å². The van der Waals surface area contributed by atoms with Gasteiger partial charge in [-0.05, 0) is 32.9 Å². The first-order valence-corrected chi connectivity index (χ1v) is 4.47. The highest BCUT2D eigenvalue weighted by Crippen LogP contribution is 2.26. The van der Waals surface area contributed by atoms with E-state index in [0.29, 0.717) is 12.0 Å². The van der Waals surface area contributed by atoms with Crippen LogP contribution in [0.15, 0.2) is 0 Å². The molecule has 1 fully saturated rings. The highest BCUT2D eigenvalue weighted by molar-refractivity contribution is 4.84. The fraction of sp³-hybridized carbons (Fsp3) is 1.00. The molecule has 0 bridgehead atoms. The topological polar surface area (TPSA) is 23.5 Å². The number of hydrogen-bond acceptors (Lipinski definition) is 2. The first kappa shape index (κ1) is 9.01. The van der Waals surface area contributed by atoms with Crippen molar-refractivity contribution in [2.45, 2.75) is 38.3 Å². The quantitative estimate of drug-likeness (QED) is 0.616. The average Bonchev–Trinajstić information content (AvgIpc) is 1.85. The molecule has 1 N–H and O–H groups in total. The zero-order chi connectivity index (χ0) is 8.43. The summed E-state index contributed by atoms with van der Waals surface area (Å²) in [6, 6.07) is 0.378. The second-order valence-corrected chi connectivity index (χ2v) is 3.93. The minimum atomic E-state index is -0.103. The summed E-state index contributed by atoms with van der Waals surface area (Å²) >= 11 is 0. The van der Waals surface area contributed by atoms with E-state index < -0.39 is 0 Å². The zero-order valence-corrected chi connectivity index (χ0v) is 7.75. The number of aliphatic hydroxyl groups excluding tert-OH is 1. The van der Waals surface area contributed by atoms with Gasteiger partial charge in [-0.25, -0.2) is 0 Å². The summed E-state index contributed by atoms with van der Waals surface area (Å²) in [7, 11) is 4.10. The first-order valence-electron chi connectivity index (χ1n) is 4.47. The van der Waals surface area contributed by atoms with Gasteiger partial charge in [0.1, 0.15) is 0 Å². The summed E-state index contributed by atoms with van der Waals surface area (Å²) in [5.74, 6) is 0.647. The molecular formula is C9H19NO. The van der Waals surface area contributed by atoms with Crippen molar-refractivity contribution in [3.05, 3.63) is 0 Å². The largest absolute Gasteiger partial charge is 0.391 e. The lowest BCUT2D eigenvalue weighted by molar-refractivity contribution is 0.0138. The third-order valence-electron chi connectivity index (χ3n) is 2.73. The highest BCUT2D eigenvalue weighted by atomic mass is 16.3. The minimum Gasteiger partial charge on any atom is -0.391 e. The van der Waals surface area contributed by atoms with Crippen molar-refractivity contribution in [3.8, 4) is 0 Å². The van der Waals surface area contributed by atoms with Crippen LogP contribution in [-0.2, 0) is 0 Å². The van der Waals surface area contributed by atoms with Crippen LogP contribution in [0.3, 0.4) is 0 Å². The maximum absolute atomic E-state index is 9.67. The van der Waals surface area contributed by atoms with Crippen molar-refractivity contribution < 1.29 is 5.11 Å². The lowest BCUT2D eigenvalue weighted by atomic mass is 9.83. The summed E-state index contributed by atoms with van der Waals surface area (Å²) in [5, 5.41) is 9.67. The molecule has 1 aliphatic rings. The number of aliphatic hydroxyl groups is 1. The summed E-state index contributed by atoms with van der Waals surface area (Å²) < 4.78 is 0. The Morgan fingerprint density at radius 2 is 1.91 bits per heavy atom. The SMILES string of the molecule is CC1CCC[C@H](O)[C@H]1N(C)C. The van der Waals surface area contributed by atoms with Crippen molar-refractivity contribution in [1.29, 1.82) is 0 Å². The Hall–Kier alpha value is -0.0800. The van der Waals surface area contributed by atoms with Gasteiger partial charge < -0.3 is 10.0 Å². The van der Waals surface area contributed by atoms with Crippen LogP contribution in [0.25, 0.3) is 0 Å². The van der Waals surface area contributed by atoms with Crippen molar-refractivity contribution in [1.82, 2.24) is 4.90 Å². The smallest absolute Gasteiger partial charge is 0.0697 e. The van der Waals surface area contributed by atoms with Gasteiger partial charge in [0.2, 0.25) is 0 Å². The average molecular weight is 157 g/mol. The van der Waals surface area contributed by atoms with E-state index in [-0.39, 0.29) is 6.10 Å². The van der Waals surface area contributed by atoms with Crippen molar-refractivity contribution >= 4 is 0 Å². The molecule has 66 valence electrons. The van der Waals surface area contributed by atoms with Crippen LogP contribution in [0.2, 0.25) is 0 Å².